The van der Waals surface area contributed by atoms with E-state index in [0.717, 1.165) is 49.3 Å². The molecule has 0 unspecified atom stereocenters. The molecule has 5 rings (SSSR count). The van der Waals surface area contributed by atoms with E-state index in [1.165, 1.54) is 18.8 Å². The van der Waals surface area contributed by atoms with Crippen LogP contribution in [0.4, 0.5) is 19.1 Å². The first-order valence-electron chi connectivity index (χ1n) is 11.3. The van der Waals surface area contributed by atoms with Crippen LogP contribution >= 0.6 is 0 Å². The lowest BCUT2D eigenvalue weighted by Gasteiger charge is -2.39. The Kier molecular flexibility index (Phi) is 5.73. The number of anilines is 1. The summed E-state index contributed by atoms with van der Waals surface area (Å²) in [6.45, 7) is 2.67. The molecule has 2 aliphatic rings. The third kappa shape index (κ3) is 4.61. The molecule has 0 bridgehead atoms. The largest absolute Gasteiger partial charge is 0.408 e. The first kappa shape index (κ1) is 22.3. The number of aromatic nitrogens is 4. The molecule has 2 aromatic heterocycles. The zero-order valence-electron chi connectivity index (χ0n) is 18.5. The number of rotatable bonds is 4. The van der Waals surface area contributed by atoms with Crippen molar-refractivity contribution in [3.05, 3.63) is 48.4 Å². The predicted octanol–water partition coefficient (Wildman–Crippen LogP) is 4.02. The van der Waals surface area contributed by atoms with Crippen LogP contribution in [0.5, 0.6) is 0 Å². The van der Waals surface area contributed by atoms with E-state index in [9.17, 15) is 13.2 Å². The van der Waals surface area contributed by atoms with Crippen LogP contribution in [0.25, 0.3) is 22.4 Å². The number of piperidine rings is 1. The van der Waals surface area contributed by atoms with Gasteiger partial charge in [0.1, 0.15) is 6.54 Å². The van der Waals surface area contributed by atoms with Crippen LogP contribution in [0.1, 0.15) is 24.8 Å². The number of hydrogen-bond acceptors (Lipinski definition) is 6. The van der Waals surface area contributed by atoms with Crippen molar-refractivity contribution in [3.63, 3.8) is 0 Å². The van der Waals surface area contributed by atoms with Gasteiger partial charge in [0.05, 0.1) is 23.5 Å². The van der Waals surface area contributed by atoms with E-state index in [-0.39, 0.29) is 0 Å². The molecule has 1 aromatic carbocycles. The Balaban J connectivity index is 1.48. The van der Waals surface area contributed by atoms with Gasteiger partial charge < -0.3 is 10.2 Å². The number of nitrogens with one attached hydrogen (secondary N) is 1. The average molecular weight is 467 g/mol. The Bertz CT molecular complexity index is 1190. The lowest BCUT2D eigenvalue weighted by Crippen LogP contribution is -2.42. The standard InChI is InChI=1S/C24H24F3N7/c25-24(26,27)16-34-14-19(12-31-34)20-13-30-22(32-21(20)18-3-1-17(11-28)2-4-18)33-9-6-23(7-10-33)5-8-29-15-23/h1-4,12-14,29H,5-10,15-16H2. The van der Waals surface area contributed by atoms with Gasteiger partial charge in [-0.2, -0.15) is 23.5 Å². The smallest absolute Gasteiger partial charge is 0.341 e. The van der Waals surface area contributed by atoms with Crippen LogP contribution in [-0.4, -0.2) is 52.1 Å². The van der Waals surface area contributed by atoms with E-state index < -0.39 is 12.7 Å². The number of benzene rings is 1. The lowest BCUT2D eigenvalue weighted by molar-refractivity contribution is -0.142. The third-order valence-electron chi connectivity index (χ3n) is 6.79. The van der Waals surface area contributed by atoms with E-state index in [1.807, 2.05) is 0 Å². The first-order valence-corrected chi connectivity index (χ1v) is 11.3. The van der Waals surface area contributed by atoms with Crippen molar-refractivity contribution >= 4 is 5.95 Å². The molecule has 0 radical (unpaired) electrons. The normalized spacial score (nSPS) is 17.8. The summed E-state index contributed by atoms with van der Waals surface area (Å²) >= 11 is 0. The molecule has 2 saturated heterocycles. The Morgan fingerprint density at radius 1 is 1.06 bits per heavy atom. The summed E-state index contributed by atoms with van der Waals surface area (Å²) in [5.41, 5.74) is 3.34. The van der Waals surface area contributed by atoms with Crippen LogP contribution in [0.2, 0.25) is 0 Å². The van der Waals surface area contributed by atoms with Crippen molar-refractivity contribution in [2.45, 2.75) is 32.0 Å². The highest BCUT2D eigenvalue weighted by atomic mass is 19.4. The molecule has 1 N–H and O–H groups in total. The van der Waals surface area contributed by atoms with Gasteiger partial charge in [-0.15, -0.1) is 0 Å². The number of nitriles is 1. The SMILES string of the molecule is N#Cc1ccc(-c2nc(N3CCC4(CCNC4)CC3)ncc2-c2cnn(CC(F)(F)F)c2)cc1. The second-order valence-electron chi connectivity index (χ2n) is 9.08. The molecular formula is C24H24F3N7. The monoisotopic (exact) mass is 467 g/mol. The maximum Gasteiger partial charge on any atom is 0.408 e. The van der Waals surface area contributed by atoms with Crippen molar-refractivity contribution in [3.8, 4) is 28.5 Å². The van der Waals surface area contributed by atoms with Crippen LogP contribution in [0, 0.1) is 16.7 Å². The molecule has 1 spiro atoms. The van der Waals surface area contributed by atoms with Gasteiger partial charge in [-0.25, -0.2) is 9.97 Å². The number of nitrogens with zero attached hydrogens (tertiary/aromatic N) is 6. The van der Waals surface area contributed by atoms with Crippen molar-refractivity contribution in [2.75, 3.05) is 31.1 Å². The zero-order valence-corrected chi connectivity index (χ0v) is 18.5. The molecule has 3 aromatic rings. The van der Waals surface area contributed by atoms with Gasteiger partial charge in [0.25, 0.3) is 0 Å². The van der Waals surface area contributed by atoms with Gasteiger partial charge in [0.15, 0.2) is 0 Å². The van der Waals surface area contributed by atoms with Crippen LogP contribution < -0.4 is 10.2 Å². The summed E-state index contributed by atoms with van der Waals surface area (Å²) in [6.07, 6.45) is 3.39. The average Bonchev–Trinajstić information content (AvgIpc) is 3.48. The number of hydrogen-bond donors (Lipinski definition) is 1. The summed E-state index contributed by atoms with van der Waals surface area (Å²) in [7, 11) is 0. The highest BCUT2D eigenvalue weighted by Crippen LogP contribution is 2.38. The van der Waals surface area contributed by atoms with Crippen LogP contribution in [0.15, 0.2) is 42.9 Å². The molecule has 4 heterocycles. The van der Waals surface area contributed by atoms with Gasteiger partial charge in [0, 0.05) is 48.7 Å². The molecule has 2 fully saturated rings. The van der Waals surface area contributed by atoms with Gasteiger partial charge in [0.2, 0.25) is 5.95 Å². The highest BCUT2D eigenvalue weighted by molar-refractivity contribution is 5.80. The summed E-state index contributed by atoms with van der Waals surface area (Å²) < 4.78 is 39.3. The Morgan fingerprint density at radius 2 is 1.82 bits per heavy atom. The molecule has 7 nitrogen and oxygen atoms in total. The fourth-order valence-electron chi connectivity index (χ4n) is 4.83. The molecule has 0 aliphatic carbocycles. The third-order valence-corrected chi connectivity index (χ3v) is 6.79. The summed E-state index contributed by atoms with van der Waals surface area (Å²) in [4.78, 5) is 11.6. The van der Waals surface area contributed by atoms with E-state index in [4.69, 9.17) is 10.2 Å². The summed E-state index contributed by atoms with van der Waals surface area (Å²) in [5.74, 6) is 0.603. The number of alkyl halides is 3. The van der Waals surface area contributed by atoms with Crippen molar-refractivity contribution in [1.82, 2.24) is 25.1 Å². The molecule has 0 amide bonds. The van der Waals surface area contributed by atoms with E-state index in [0.29, 0.717) is 33.7 Å². The van der Waals surface area contributed by atoms with Crippen molar-refractivity contribution in [1.29, 1.82) is 5.26 Å². The minimum absolute atomic E-state index is 0.361. The minimum atomic E-state index is -4.36. The van der Waals surface area contributed by atoms with Crippen LogP contribution in [0.3, 0.4) is 0 Å². The second-order valence-corrected chi connectivity index (χ2v) is 9.08. The molecule has 0 atom stereocenters. The molecule has 34 heavy (non-hydrogen) atoms. The predicted molar refractivity (Wildman–Crippen MR) is 121 cm³/mol. The fourth-order valence-corrected chi connectivity index (χ4v) is 4.83. The van der Waals surface area contributed by atoms with Crippen LogP contribution in [-0.2, 0) is 6.54 Å². The van der Waals surface area contributed by atoms with E-state index >= 15 is 0 Å². The summed E-state index contributed by atoms with van der Waals surface area (Å²) in [5, 5.41) is 16.5. The van der Waals surface area contributed by atoms with E-state index in [2.05, 4.69) is 26.4 Å². The van der Waals surface area contributed by atoms with Crippen molar-refractivity contribution in [2.24, 2.45) is 5.41 Å². The zero-order chi connectivity index (χ0) is 23.8. The van der Waals surface area contributed by atoms with E-state index in [1.54, 1.807) is 30.5 Å². The quantitative estimate of drug-likeness (QED) is 0.624. The maximum absolute atomic E-state index is 12.8. The van der Waals surface area contributed by atoms with Gasteiger partial charge in [-0.05, 0) is 43.4 Å². The topological polar surface area (TPSA) is 82.7 Å². The Morgan fingerprint density at radius 3 is 2.47 bits per heavy atom. The molecule has 0 saturated carbocycles. The van der Waals surface area contributed by atoms with Gasteiger partial charge >= 0.3 is 6.18 Å². The summed E-state index contributed by atoms with van der Waals surface area (Å²) in [6, 6.07) is 9.09. The van der Waals surface area contributed by atoms with Crippen molar-refractivity contribution < 1.29 is 13.2 Å². The second kappa shape index (κ2) is 8.72. The Labute approximate surface area is 195 Å². The van der Waals surface area contributed by atoms with Gasteiger partial charge in [-0.3, -0.25) is 4.68 Å². The first-order chi connectivity index (χ1) is 16.3. The van der Waals surface area contributed by atoms with Gasteiger partial charge in [-0.1, -0.05) is 12.1 Å². The minimum Gasteiger partial charge on any atom is -0.341 e. The number of halogens is 3. The fraction of sp³-hybridized carbons (Fsp3) is 0.417. The molecule has 2 aliphatic heterocycles. The lowest BCUT2D eigenvalue weighted by atomic mass is 9.78. The molecule has 10 heteroatoms. The maximum atomic E-state index is 12.8. The highest BCUT2D eigenvalue weighted by Gasteiger charge is 2.37. The molecular weight excluding hydrogens is 443 g/mol. The molecule has 176 valence electrons. The Hall–Kier alpha value is -3.45.